The van der Waals surface area contributed by atoms with Crippen LogP contribution in [-0.2, 0) is 4.65 Å². The zero-order valence-electron chi connectivity index (χ0n) is 9.42. The van der Waals surface area contributed by atoms with E-state index in [1.807, 2.05) is 7.11 Å². The molecule has 0 rings (SSSR count). The van der Waals surface area contributed by atoms with Crippen LogP contribution < -0.4 is 0 Å². The lowest BCUT2D eigenvalue weighted by Crippen LogP contribution is -2.29. The fourth-order valence-electron chi connectivity index (χ4n) is 1.58. The highest BCUT2D eigenvalue weighted by atomic mass is 16.4. The van der Waals surface area contributed by atoms with Crippen molar-refractivity contribution in [3.05, 3.63) is 0 Å². The lowest BCUT2D eigenvalue weighted by molar-refractivity contribution is 0.379. The molecule has 2 heteroatoms. The maximum Gasteiger partial charge on any atom is 0.298 e. The molecule has 0 radical (unpaired) electrons. The Labute approximate surface area is 78.0 Å². The molecule has 12 heavy (non-hydrogen) atoms. The zero-order valence-corrected chi connectivity index (χ0v) is 9.42. The van der Waals surface area contributed by atoms with Crippen LogP contribution in [0.1, 0.15) is 41.0 Å². The maximum absolute atomic E-state index is 5.53. The monoisotopic (exact) mass is 170 g/mol. The van der Waals surface area contributed by atoms with E-state index in [0.717, 1.165) is 0 Å². The summed E-state index contributed by atoms with van der Waals surface area (Å²) in [5, 5.41) is 0. The van der Waals surface area contributed by atoms with E-state index >= 15 is 0 Å². The van der Waals surface area contributed by atoms with Gasteiger partial charge in [0.25, 0.3) is 6.92 Å². The summed E-state index contributed by atoms with van der Waals surface area (Å²) < 4.78 is 5.53. The highest BCUT2D eigenvalue weighted by Crippen LogP contribution is 2.29. The third kappa shape index (κ3) is 3.18. The molecule has 0 saturated carbocycles. The molecule has 0 aromatic carbocycles. The molecule has 0 spiro atoms. The van der Waals surface area contributed by atoms with Gasteiger partial charge in [-0.3, -0.25) is 0 Å². The summed E-state index contributed by atoms with van der Waals surface area (Å²) >= 11 is 0. The summed E-state index contributed by atoms with van der Waals surface area (Å²) in [4.78, 5) is 0. The molecule has 72 valence electrons. The van der Waals surface area contributed by atoms with Crippen LogP contribution in [-0.4, -0.2) is 14.0 Å². The Hall–Kier alpha value is 0.0249. The van der Waals surface area contributed by atoms with Crippen LogP contribution >= 0.6 is 0 Å². The van der Waals surface area contributed by atoms with Gasteiger partial charge in [-0.15, -0.1) is 0 Å². The SMILES string of the molecule is CCC(C)B(OC)C(C)C(C)C. The maximum atomic E-state index is 5.53. The van der Waals surface area contributed by atoms with Crippen molar-refractivity contribution in [3.8, 4) is 0 Å². The Bertz CT molecular complexity index is 114. The first kappa shape index (κ1) is 12.0. The predicted octanol–water partition coefficient (Wildman–Crippen LogP) is 3.47. The third-order valence-electron chi connectivity index (χ3n) is 3.05. The third-order valence-corrected chi connectivity index (χ3v) is 3.05. The summed E-state index contributed by atoms with van der Waals surface area (Å²) in [6, 6.07) is 0. The molecule has 0 N–H and O–H groups in total. The summed E-state index contributed by atoms with van der Waals surface area (Å²) in [6.07, 6.45) is 1.20. The molecular weight excluding hydrogens is 147 g/mol. The Kier molecular flexibility index (Phi) is 5.64. The summed E-state index contributed by atoms with van der Waals surface area (Å²) in [6.45, 7) is 11.7. The zero-order chi connectivity index (χ0) is 9.72. The second-order valence-corrected chi connectivity index (χ2v) is 4.19. The van der Waals surface area contributed by atoms with Gasteiger partial charge in [0, 0.05) is 7.11 Å². The van der Waals surface area contributed by atoms with Crippen LogP contribution in [0.15, 0.2) is 0 Å². The van der Waals surface area contributed by atoms with Crippen molar-refractivity contribution in [2.75, 3.05) is 7.11 Å². The number of hydrogen-bond acceptors (Lipinski definition) is 1. The molecule has 0 heterocycles. The van der Waals surface area contributed by atoms with Crippen molar-refractivity contribution in [1.82, 2.24) is 0 Å². The van der Waals surface area contributed by atoms with Gasteiger partial charge in [-0.05, 0) is 17.6 Å². The van der Waals surface area contributed by atoms with Crippen molar-refractivity contribution in [2.24, 2.45) is 5.92 Å². The number of hydrogen-bond donors (Lipinski definition) is 0. The van der Waals surface area contributed by atoms with Crippen LogP contribution in [0, 0.1) is 5.92 Å². The summed E-state index contributed by atoms with van der Waals surface area (Å²) in [5.41, 5.74) is 0. The van der Waals surface area contributed by atoms with Gasteiger partial charge < -0.3 is 4.65 Å². The minimum Gasteiger partial charge on any atom is -0.438 e. The second kappa shape index (κ2) is 5.63. The van der Waals surface area contributed by atoms with Gasteiger partial charge in [-0.1, -0.05) is 41.0 Å². The first-order valence-corrected chi connectivity index (χ1v) is 5.07. The minimum atomic E-state index is 0.426. The average molecular weight is 170 g/mol. The Morgan fingerprint density at radius 1 is 1.17 bits per heavy atom. The van der Waals surface area contributed by atoms with Crippen LogP contribution in [0.25, 0.3) is 0 Å². The first-order valence-electron chi connectivity index (χ1n) is 5.07. The van der Waals surface area contributed by atoms with Crippen molar-refractivity contribution in [2.45, 2.75) is 52.7 Å². The molecule has 0 fully saturated rings. The molecule has 0 bridgehead atoms. The molecule has 0 saturated heterocycles. The first-order chi connectivity index (χ1) is 5.54. The molecule has 0 aromatic rings. The van der Waals surface area contributed by atoms with Gasteiger partial charge >= 0.3 is 0 Å². The molecule has 2 unspecified atom stereocenters. The van der Waals surface area contributed by atoms with Gasteiger partial charge in [0.2, 0.25) is 0 Å². The van der Waals surface area contributed by atoms with Crippen LogP contribution in [0.2, 0.25) is 11.6 Å². The molecule has 0 amide bonds. The molecule has 0 aliphatic carbocycles. The van der Waals surface area contributed by atoms with E-state index < -0.39 is 0 Å². The van der Waals surface area contributed by atoms with Crippen LogP contribution in [0.4, 0.5) is 0 Å². The summed E-state index contributed by atoms with van der Waals surface area (Å²) in [7, 11) is 1.83. The quantitative estimate of drug-likeness (QED) is 0.574. The van der Waals surface area contributed by atoms with E-state index in [1.165, 1.54) is 6.42 Å². The Morgan fingerprint density at radius 3 is 1.92 bits per heavy atom. The van der Waals surface area contributed by atoms with Crippen molar-refractivity contribution in [1.29, 1.82) is 0 Å². The van der Waals surface area contributed by atoms with E-state index in [-0.39, 0.29) is 0 Å². The van der Waals surface area contributed by atoms with E-state index in [2.05, 4.69) is 34.6 Å². The highest BCUT2D eigenvalue weighted by Gasteiger charge is 2.29. The minimum absolute atomic E-state index is 0.426. The topological polar surface area (TPSA) is 9.23 Å². The lowest BCUT2D eigenvalue weighted by atomic mass is 9.45. The van der Waals surface area contributed by atoms with Crippen LogP contribution in [0.3, 0.4) is 0 Å². The smallest absolute Gasteiger partial charge is 0.298 e. The van der Waals surface area contributed by atoms with Gasteiger partial charge in [0.05, 0.1) is 0 Å². The van der Waals surface area contributed by atoms with Crippen molar-refractivity contribution < 1.29 is 4.65 Å². The van der Waals surface area contributed by atoms with Crippen molar-refractivity contribution in [3.63, 3.8) is 0 Å². The van der Waals surface area contributed by atoms with Crippen LogP contribution in [0.5, 0.6) is 0 Å². The van der Waals surface area contributed by atoms with Gasteiger partial charge in [-0.2, -0.15) is 0 Å². The van der Waals surface area contributed by atoms with Gasteiger partial charge in [0.15, 0.2) is 0 Å². The molecular formula is C10H23BO. The molecule has 1 nitrogen and oxygen atoms in total. The normalized spacial score (nSPS) is 16.2. The Balaban J connectivity index is 4.13. The largest absolute Gasteiger partial charge is 0.438 e. The Morgan fingerprint density at radius 2 is 1.67 bits per heavy atom. The molecule has 2 atom stereocenters. The fraction of sp³-hybridized carbons (Fsp3) is 1.00. The predicted molar refractivity (Wildman–Crippen MR) is 56.7 cm³/mol. The van der Waals surface area contributed by atoms with E-state index in [4.69, 9.17) is 4.65 Å². The standard InChI is InChI=1S/C10H23BO/c1-7-9(4)11(12-6)10(5)8(2)3/h8-10H,7H2,1-6H3. The van der Waals surface area contributed by atoms with Gasteiger partial charge in [0.1, 0.15) is 0 Å². The molecule has 0 aliphatic heterocycles. The van der Waals surface area contributed by atoms with E-state index in [0.29, 0.717) is 24.5 Å². The van der Waals surface area contributed by atoms with E-state index in [9.17, 15) is 0 Å². The molecule has 0 aromatic heterocycles. The highest BCUT2D eigenvalue weighted by molar-refractivity contribution is 6.55. The molecule has 0 aliphatic rings. The second-order valence-electron chi connectivity index (χ2n) is 4.19. The summed E-state index contributed by atoms with van der Waals surface area (Å²) in [5.74, 6) is 2.04. The number of rotatable bonds is 5. The van der Waals surface area contributed by atoms with Crippen molar-refractivity contribution >= 4 is 6.92 Å². The van der Waals surface area contributed by atoms with E-state index in [1.54, 1.807) is 0 Å². The average Bonchev–Trinajstić information content (AvgIpc) is 2.05. The fourth-order valence-corrected chi connectivity index (χ4v) is 1.58. The lowest BCUT2D eigenvalue weighted by Gasteiger charge is -2.26. The van der Waals surface area contributed by atoms with Gasteiger partial charge in [-0.25, -0.2) is 0 Å².